The van der Waals surface area contributed by atoms with E-state index in [9.17, 15) is 0 Å². The van der Waals surface area contributed by atoms with E-state index in [1.54, 1.807) is 6.92 Å². The van der Waals surface area contributed by atoms with Crippen LogP contribution in [0.3, 0.4) is 0 Å². The van der Waals surface area contributed by atoms with Crippen molar-refractivity contribution in [3.05, 3.63) is 46.0 Å². The Morgan fingerprint density at radius 2 is 2.12 bits per heavy atom. The molecule has 0 amide bonds. The molecule has 0 aromatic heterocycles. The fourth-order valence-corrected chi connectivity index (χ4v) is 2.16. The van der Waals surface area contributed by atoms with Gasteiger partial charge in [0.2, 0.25) is 0 Å². The lowest BCUT2D eigenvalue weighted by Gasteiger charge is -2.01. The van der Waals surface area contributed by atoms with E-state index in [2.05, 4.69) is 6.08 Å². The van der Waals surface area contributed by atoms with Gasteiger partial charge in [-0.2, -0.15) is 0 Å². The summed E-state index contributed by atoms with van der Waals surface area (Å²) in [6, 6.07) is 5.80. The topological polar surface area (TPSA) is 20.2 Å². The lowest BCUT2D eigenvalue weighted by Crippen LogP contribution is -1.92. The maximum Gasteiger partial charge on any atom is 0.0692 e. The van der Waals surface area contributed by atoms with Crippen molar-refractivity contribution in [3.8, 4) is 0 Å². The van der Waals surface area contributed by atoms with Crippen LogP contribution >= 0.6 is 23.2 Å². The number of hydrogen-bond donors (Lipinski definition) is 1. The van der Waals surface area contributed by atoms with Crippen LogP contribution in [0.4, 0.5) is 0 Å². The van der Waals surface area contributed by atoms with Gasteiger partial charge in [0.25, 0.3) is 0 Å². The standard InChI is InChI=1S/C13H14Cl2O/c1-8(16)2-3-9-6-11(9)10-4-5-12(14)13(15)7-10/h2-5,7-9,11,16H,6H2,1H3/t8?,9-,11-/m1/s1. The van der Waals surface area contributed by atoms with Crippen molar-refractivity contribution in [3.63, 3.8) is 0 Å². The maximum absolute atomic E-state index is 9.14. The van der Waals surface area contributed by atoms with Crippen LogP contribution in [0.25, 0.3) is 0 Å². The zero-order valence-electron chi connectivity index (χ0n) is 9.03. The summed E-state index contributed by atoms with van der Waals surface area (Å²) in [6.07, 6.45) is 4.68. The Balaban J connectivity index is 2.03. The summed E-state index contributed by atoms with van der Waals surface area (Å²) < 4.78 is 0. The van der Waals surface area contributed by atoms with E-state index in [0.717, 1.165) is 6.42 Å². The van der Waals surface area contributed by atoms with Crippen LogP contribution in [0.2, 0.25) is 10.0 Å². The van der Waals surface area contributed by atoms with E-state index in [1.807, 2.05) is 24.3 Å². The minimum Gasteiger partial charge on any atom is -0.389 e. The molecular weight excluding hydrogens is 243 g/mol. The van der Waals surface area contributed by atoms with Crippen LogP contribution in [0.5, 0.6) is 0 Å². The van der Waals surface area contributed by atoms with Gasteiger partial charge in [0.15, 0.2) is 0 Å². The molecule has 1 N–H and O–H groups in total. The minimum absolute atomic E-state index is 0.366. The van der Waals surface area contributed by atoms with Crippen molar-refractivity contribution in [1.29, 1.82) is 0 Å². The Hall–Kier alpha value is -0.500. The second-order valence-electron chi connectivity index (χ2n) is 4.31. The lowest BCUT2D eigenvalue weighted by atomic mass is 10.1. The van der Waals surface area contributed by atoms with E-state index in [-0.39, 0.29) is 6.10 Å². The van der Waals surface area contributed by atoms with Gasteiger partial charge in [0.1, 0.15) is 0 Å². The SMILES string of the molecule is CC(O)C=C[C@@H]1C[C@H]1c1ccc(Cl)c(Cl)c1. The highest BCUT2D eigenvalue weighted by molar-refractivity contribution is 6.42. The molecule has 0 aliphatic heterocycles. The highest BCUT2D eigenvalue weighted by Gasteiger charge is 2.36. The summed E-state index contributed by atoms with van der Waals surface area (Å²) in [7, 11) is 0. The quantitative estimate of drug-likeness (QED) is 0.810. The first-order valence-corrected chi connectivity index (χ1v) is 6.15. The molecule has 0 spiro atoms. The van der Waals surface area contributed by atoms with E-state index >= 15 is 0 Å². The molecule has 1 aromatic rings. The van der Waals surface area contributed by atoms with Crippen molar-refractivity contribution < 1.29 is 5.11 Å². The van der Waals surface area contributed by atoms with E-state index in [4.69, 9.17) is 28.3 Å². The van der Waals surface area contributed by atoms with Gasteiger partial charge < -0.3 is 5.11 Å². The summed E-state index contributed by atoms with van der Waals surface area (Å²) in [6.45, 7) is 1.76. The molecule has 1 aliphatic carbocycles. The van der Waals surface area contributed by atoms with Crippen molar-refractivity contribution in [2.75, 3.05) is 0 Å². The molecule has 1 unspecified atom stereocenters. The fraction of sp³-hybridized carbons (Fsp3) is 0.385. The van der Waals surface area contributed by atoms with Gasteiger partial charge in [-0.3, -0.25) is 0 Å². The Morgan fingerprint density at radius 3 is 2.75 bits per heavy atom. The van der Waals surface area contributed by atoms with Crippen LogP contribution in [-0.4, -0.2) is 11.2 Å². The molecule has 3 heteroatoms. The van der Waals surface area contributed by atoms with Crippen LogP contribution < -0.4 is 0 Å². The van der Waals surface area contributed by atoms with Crippen molar-refractivity contribution >= 4 is 23.2 Å². The van der Waals surface area contributed by atoms with Crippen molar-refractivity contribution in [2.24, 2.45) is 5.92 Å². The summed E-state index contributed by atoms with van der Waals surface area (Å²) >= 11 is 11.8. The number of benzene rings is 1. The van der Waals surface area contributed by atoms with Gasteiger partial charge in [-0.05, 0) is 42.9 Å². The molecule has 0 saturated heterocycles. The highest BCUT2D eigenvalue weighted by atomic mass is 35.5. The van der Waals surface area contributed by atoms with E-state index < -0.39 is 0 Å². The summed E-state index contributed by atoms with van der Waals surface area (Å²) in [4.78, 5) is 0. The molecule has 86 valence electrons. The molecule has 0 heterocycles. The summed E-state index contributed by atoms with van der Waals surface area (Å²) in [5, 5.41) is 10.4. The first-order chi connectivity index (χ1) is 7.58. The second-order valence-corrected chi connectivity index (χ2v) is 5.12. The number of hydrogen-bond acceptors (Lipinski definition) is 1. The highest BCUT2D eigenvalue weighted by Crippen LogP contribution is 2.49. The molecule has 1 aliphatic rings. The van der Waals surface area contributed by atoms with Crippen LogP contribution in [0.15, 0.2) is 30.4 Å². The Bertz CT molecular complexity index is 412. The Morgan fingerprint density at radius 1 is 1.38 bits per heavy atom. The van der Waals surface area contributed by atoms with Gasteiger partial charge in [-0.25, -0.2) is 0 Å². The largest absolute Gasteiger partial charge is 0.389 e. The summed E-state index contributed by atoms with van der Waals surface area (Å²) in [5.74, 6) is 1.07. The molecule has 2 rings (SSSR count). The third-order valence-corrected chi connectivity index (χ3v) is 3.59. The summed E-state index contributed by atoms with van der Waals surface area (Å²) in [5.41, 5.74) is 1.23. The van der Waals surface area contributed by atoms with Gasteiger partial charge in [-0.15, -0.1) is 0 Å². The van der Waals surface area contributed by atoms with E-state index in [0.29, 0.717) is 21.9 Å². The predicted octanol–water partition coefficient (Wildman–Crippen LogP) is 4.03. The average Bonchev–Trinajstić information content (AvgIpc) is 2.98. The van der Waals surface area contributed by atoms with Gasteiger partial charge >= 0.3 is 0 Å². The van der Waals surface area contributed by atoms with Gasteiger partial charge in [0, 0.05) is 0 Å². The first-order valence-electron chi connectivity index (χ1n) is 5.39. The van der Waals surface area contributed by atoms with Crippen LogP contribution in [0, 0.1) is 5.92 Å². The lowest BCUT2D eigenvalue weighted by molar-refractivity contribution is 0.243. The van der Waals surface area contributed by atoms with Gasteiger partial charge in [-0.1, -0.05) is 41.4 Å². The minimum atomic E-state index is -0.366. The van der Waals surface area contributed by atoms with Crippen molar-refractivity contribution in [1.82, 2.24) is 0 Å². The zero-order valence-corrected chi connectivity index (χ0v) is 10.5. The van der Waals surface area contributed by atoms with Crippen molar-refractivity contribution in [2.45, 2.75) is 25.4 Å². The number of rotatable bonds is 3. The number of aliphatic hydroxyl groups is 1. The monoisotopic (exact) mass is 256 g/mol. The molecule has 1 aromatic carbocycles. The Kier molecular flexibility index (Phi) is 3.58. The third-order valence-electron chi connectivity index (χ3n) is 2.85. The molecule has 0 bridgehead atoms. The fourth-order valence-electron chi connectivity index (χ4n) is 1.86. The number of aliphatic hydroxyl groups excluding tert-OH is 1. The smallest absolute Gasteiger partial charge is 0.0692 e. The van der Waals surface area contributed by atoms with Gasteiger partial charge in [0.05, 0.1) is 16.1 Å². The zero-order chi connectivity index (χ0) is 11.7. The predicted molar refractivity (Wildman–Crippen MR) is 68.1 cm³/mol. The maximum atomic E-state index is 9.14. The number of halogens is 2. The van der Waals surface area contributed by atoms with Crippen LogP contribution in [0.1, 0.15) is 24.8 Å². The van der Waals surface area contributed by atoms with Crippen LogP contribution in [-0.2, 0) is 0 Å². The third kappa shape index (κ3) is 2.79. The first kappa shape index (κ1) is 12.0. The molecule has 0 radical (unpaired) electrons. The molecule has 3 atom stereocenters. The average molecular weight is 257 g/mol. The number of allylic oxidation sites excluding steroid dienone is 1. The molecule has 16 heavy (non-hydrogen) atoms. The molecule has 1 nitrogen and oxygen atoms in total. The Labute approximate surface area is 106 Å². The van der Waals surface area contributed by atoms with E-state index in [1.165, 1.54) is 5.56 Å². The molecular formula is C13H14Cl2O. The normalized spacial score (nSPS) is 26.0. The molecule has 1 fully saturated rings. The second kappa shape index (κ2) is 4.79. The molecule has 1 saturated carbocycles.